The van der Waals surface area contributed by atoms with Gasteiger partial charge in [-0.25, -0.2) is 4.98 Å². The van der Waals surface area contributed by atoms with Crippen LogP contribution in [0.4, 0.5) is 0 Å². The summed E-state index contributed by atoms with van der Waals surface area (Å²) < 4.78 is 13.1. The number of nitrogens with zero attached hydrogens (tertiary/aromatic N) is 4. The van der Waals surface area contributed by atoms with Gasteiger partial charge >= 0.3 is 0 Å². The number of benzene rings is 8. The molecule has 11 rings (SSSR count). The maximum Gasteiger partial charge on any atom is 0.268 e. The Morgan fingerprint density at radius 2 is 1.16 bits per heavy atom. The molecule has 0 saturated carbocycles. The van der Waals surface area contributed by atoms with E-state index in [4.69, 9.17) is 9.72 Å². The summed E-state index contributed by atoms with van der Waals surface area (Å²) in [5.41, 5.74) is 13.9. The quantitative estimate of drug-likeness (QED) is 0.101. The Morgan fingerprint density at radius 3 is 1.84 bits per heavy atom. The van der Waals surface area contributed by atoms with Crippen molar-refractivity contribution >= 4 is 32.8 Å². The average molecular weight is 1010 g/mol. The minimum Gasteiger partial charge on any atom is -0.510 e. The van der Waals surface area contributed by atoms with Crippen molar-refractivity contribution in [1.82, 2.24) is 14.1 Å². The van der Waals surface area contributed by atoms with Gasteiger partial charge in [0.25, 0.3) is 6.33 Å². The summed E-state index contributed by atoms with van der Waals surface area (Å²) in [5, 5.41) is 2.22. The molecule has 0 aliphatic heterocycles. The number of para-hydroxylation sites is 4. The van der Waals surface area contributed by atoms with Gasteiger partial charge < -0.3 is 13.9 Å². The van der Waals surface area contributed by atoms with E-state index in [9.17, 15) is 0 Å². The zero-order chi connectivity index (χ0) is 42.3. The molecule has 0 N–H and O–H groups in total. The Hall–Kier alpha value is -7.33. The van der Waals surface area contributed by atoms with Crippen molar-refractivity contribution in [2.75, 3.05) is 0 Å². The third-order valence-corrected chi connectivity index (χ3v) is 11.7. The second-order valence-corrected chi connectivity index (χ2v) is 16.3. The smallest absolute Gasteiger partial charge is 0.268 e. The second-order valence-electron chi connectivity index (χ2n) is 16.3. The van der Waals surface area contributed by atoms with Crippen LogP contribution in [0.1, 0.15) is 19.4 Å². The predicted octanol–water partition coefficient (Wildman–Crippen LogP) is 13.8. The normalized spacial score (nSPS) is 11.4. The van der Waals surface area contributed by atoms with Crippen LogP contribution in [0.15, 0.2) is 200 Å². The number of pyridine rings is 1. The van der Waals surface area contributed by atoms with Crippen LogP contribution in [0.5, 0.6) is 11.5 Å². The minimum atomic E-state index is 0. The molecule has 0 aliphatic carbocycles. The molecule has 11 aromatic rings. The molecule has 8 aromatic carbocycles. The number of ether oxygens (including phenoxy) is 1. The molecule has 0 bridgehead atoms. The van der Waals surface area contributed by atoms with Crippen molar-refractivity contribution < 1.29 is 30.4 Å². The summed E-state index contributed by atoms with van der Waals surface area (Å²) in [4.78, 5) is 5.11. The van der Waals surface area contributed by atoms with E-state index in [2.05, 4.69) is 216 Å². The number of rotatable bonds is 10. The summed E-state index contributed by atoms with van der Waals surface area (Å²) in [6.07, 6.45) is 6.72. The van der Waals surface area contributed by atoms with Crippen LogP contribution >= 0.6 is 0 Å². The number of hydrogen-bond acceptors (Lipinski definition) is 2. The van der Waals surface area contributed by atoms with E-state index >= 15 is 0 Å². The van der Waals surface area contributed by atoms with Gasteiger partial charge in [-0.3, -0.25) is 4.57 Å². The van der Waals surface area contributed by atoms with Gasteiger partial charge in [0.15, 0.2) is 0 Å². The molecule has 0 unspecified atom stereocenters. The first-order valence-corrected chi connectivity index (χ1v) is 21.5. The Kier molecular flexibility index (Phi) is 11.1. The van der Waals surface area contributed by atoms with Crippen molar-refractivity contribution in [3.05, 3.63) is 224 Å². The maximum atomic E-state index is 6.67. The van der Waals surface area contributed by atoms with Crippen molar-refractivity contribution in [1.29, 1.82) is 0 Å². The Labute approximate surface area is 387 Å². The first-order valence-electron chi connectivity index (χ1n) is 21.5. The molecule has 3 heterocycles. The molecule has 0 fully saturated rings. The van der Waals surface area contributed by atoms with Crippen LogP contribution in [0.2, 0.25) is 0 Å². The van der Waals surface area contributed by atoms with Crippen molar-refractivity contribution in [3.63, 3.8) is 0 Å². The SMILES string of the molecule is CC(C)Cc1cc(-n2c3[c-]c(Oc4[c-]c(-n5[c-][n+](-c6c(-c7ccccc7)cccc6-c6ccccc6)c6ccccc65)ccc4)ccc3c3ccccc32)ncc1-c1ccccc1.[Pt]. The number of aromatic nitrogens is 4. The van der Waals surface area contributed by atoms with Gasteiger partial charge in [-0.05, 0) is 68.9 Å². The molecule has 0 radical (unpaired) electrons. The van der Waals surface area contributed by atoms with Crippen LogP contribution < -0.4 is 9.30 Å². The van der Waals surface area contributed by atoms with Crippen LogP contribution in [0, 0.1) is 24.4 Å². The fourth-order valence-corrected chi connectivity index (χ4v) is 8.90. The zero-order valence-electron chi connectivity index (χ0n) is 35.4. The number of imidazole rings is 1. The maximum absolute atomic E-state index is 6.67. The van der Waals surface area contributed by atoms with E-state index in [-0.39, 0.29) is 21.1 Å². The second kappa shape index (κ2) is 17.4. The monoisotopic (exact) mass is 1010 g/mol. The largest absolute Gasteiger partial charge is 0.510 e. The first kappa shape index (κ1) is 40.7. The van der Waals surface area contributed by atoms with Crippen LogP contribution in [-0.4, -0.2) is 14.1 Å². The van der Waals surface area contributed by atoms with Gasteiger partial charge in [-0.15, -0.1) is 29.7 Å². The third kappa shape index (κ3) is 7.52. The summed E-state index contributed by atoms with van der Waals surface area (Å²) >= 11 is 0. The molecular formula is C58H42N4OPt-2. The average Bonchev–Trinajstić information content (AvgIpc) is 3.88. The van der Waals surface area contributed by atoms with Crippen molar-refractivity contribution in [2.24, 2.45) is 5.92 Å². The van der Waals surface area contributed by atoms with Crippen LogP contribution in [0.25, 0.3) is 83.4 Å². The molecule has 0 spiro atoms. The molecule has 312 valence electrons. The Bertz CT molecular complexity index is 3370. The van der Waals surface area contributed by atoms with Gasteiger partial charge in [0.1, 0.15) is 5.82 Å². The first-order chi connectivity index (χ1) is 31.1. The van der Waals surface area contributed by atoms with Crippen molar-refractivity contribution in [3.8, 4) is 62.1 Å². The van der Waals surface area contributed by atoms with E-state index < -0.39 is 0 Å². The van der Waals surface area contributed by atoms with Crippen LogP contribution in [0.3, 0.4) is 0 Å². The Morgan fingerprint density at radius 1 is 0.562 bits per heavy atom. The summed E-state index contributed by atoms with van der Waals surface area (Å²) in [6.45, 7) is 4.53. The van der Waals surface area contributed by atoms with Gasteiger partial charge in [0.2, 0.25) is 0 Å². The van der Waals surface area contributed by atoms with E-state index in [0.717, 1.165) is 84.3 Å². The topological polar surface area (TPSA) is 35.9 Å². The zero-order valence-corrected chi connectivity index (χ0v) is 37.6. The summed E-state index contributed by atoms with van der Waals surface area (Å²) in [5.74, 6) is 2.49. The molecule has 0 amide bonds. The van der Waals surface area contributed by atoms with Gasteiger partial charge in [-0.2, -0.15) is 18.2 Å². The number of fused-ring (bicyclic) bond motifs is 4. The van der Waals surface area contributed by atoms with E-state index in [1.807, 2.05) is 30.5 Å². The standard InChI is InChI=1S/C58H42N4O.Pt/c1-40(2)34-44-35-57(59-38-52(44)43-22-10-5-11-23-43)62-53-29-13-12-26-50(53)51-33-32-47(37-56(51)62)63-46-25-16-24-45(36-46)60-39-61(55-31-15-14-30-54(55)60)58-48(41-18-6-3-7-19-41)27-17-28-49(58)42-20-8-4-9-21-42;/h3-33,35,38,40H,34H2,1-2H3;/q-2;. The molecule has 64 heavy (non-hydrogen) atoms. The van der Waals surface area contributed by atoms with E-state index in [1.165, 1.54) is 11.1 Å². The van der Waals surface area contributed by atoms with E-state index in [1.54, 1.807) is 0 Å². The summed E-state index contributed by atoms with van der Waals surface area (Å²) in [7, 11) is 0. The van der Waals surface area contributed by atoms with Crippen LogP contribution in [-0.2, 0) is 27.5 Å². The number of hydrogen-bond donors (Lipinski definition) is 0. The molecule has 0 aliphatic rings. The molecule has 6 heteroatoms. The predicted molar refractivity (Wildman–Crippen MR) is 255 cm³/mol. The van der Waals surface area contributed by atoms with Gasteiger partial charge in [0.05, 0.1) is 16.7 Å². The fourth-order valence-electron chi connectivity index (χ4n) is 8.90. The van der Waals surface area contributed by atoms with Gasteiger partial charge in [-0.1, -0.05) is 171 Å². The third-order valence-electron chi connectivity index (χ3n) is 11.7. The Balaban J connectivity index is 0.00000484. The van der Waals surface area contributed by atoms with Gasteiger partial charge in [0, 0.05) is 49.8 Å². The minimum absolute atomic E-state index is 0. The molecular weight excluding hydrogens is 964 g/mol. The molecule has 0 atom stereocenters. The van der Waals surface area contributed by atoms with E-state index in [0.29, 0.717) is 17.4 Å². The van der Waals surface area contributed by atoms with Crippen molar-refractivity contribution in [2.45, 2.75) is 20.3 Å². The summed E-state index contributed by atoms with van der Waals surface area (Å²) in [6, 6.07) is 74.7. The molecule has 3 aromatic heterocycles. The molecule has 5 nitrogen and oxygen atoms in total. The molecule has 0 saturated heterocycles. The fraction of sp³-hybridized carbons (Fsp3) is 0.0690.